The molecule has 0 unspecified atom stereocenters. The summed E-state index contributed by atoms with van der Waals surface area (Å²) in [6.07, 6.45) is 1.51. The molecule has 0 saturated carbocycles. The molecular formula is C20H16ClFN4O2S. The summed E-state index contributed by atoms with van der Waals surface area (Å²) in [5.41, 5.74) is 1.39. The SMILES string of the molecule is O=C(Nc1ccc(N2CCN(Cc3ccc(F)cc3)C2=O)nc1)c1ccc(Cl)s1. The van der Waals surface area contributed by atoms with Gasteiger partial charge < -0.3 is 10.2 Å². The van der Waals surface area contributed by atoms with Crippen LogP contribution in [0.25, 0.3) is 0 Å². The van der Waals surface area contributed by atoms with E-state index in [0.29, 0.717) is 40.4 Å². The van der Waals surface area contributed by atoms with Crippen molar-refractivity contribution in [2.75, 3.05) is 23.3 Å². The van der Waals surface area contributed by atoms with Crippen molar-refractivity contribution >= 4 is 46.4 Å². The highest BCUT2D eigenvalue weighted by molar-refractivity contribution is 7.18. The quantitative estimate of drug-likeness (QED) is 0.641. The molecule has 4 rings (SSSR count). The number of halogens is 2. The second-order valence-corrected chi connectivity index (χ2v) is 8.16. The van der Waals surface area contributed by atoms with Crippen molar-refractivity contribution in [1.29, 1.82) is 0 Å². The van der Waals surface area contributed by atoms with Gasteiger partial charge in [-0.15, -0.1) is 11.3 Å². The average molecular weight is 431 g/mol. The minimum Gasteiger partial charge on any atom is -0.320 e. The van der Waals surface area contributed by atoms with Crippen molar-refractivity contribution in [2.45, 2.75) is 6.54 Å². The molecule has 148 valence electrons. The largest absolute Gasteiger partial charge is 0.326 e. The lowest BCUT2D eigenvalue weighted by molar-refractivity contribution is 0.103. The van der Waals surface area contributed by atoms with E-state index in [4.69, 9.17) is 11.6 Å². The standard InChI is InChI=1S/C20H16ClFN4O2S/c21-17-7-6-16(29-17)19(27)24-15-5-8-18(23-11-15)26-10-9-25(20(26)28)12-13-1-3-14(22)4-2-13/h1-8,11H,9-10,12H2,(H,24,27). The van der Waals surface area contributed by atoms with Crippen LogP contribution in [0.3, 0.4) is 0 Å². The van der Waals surface area contributed by atoms with Gasteiger partial charge >= 0.3 is 6.03 Å². The summed E-state index contributed by atoms with van der Waals surface area (Å²) in [6.45, 7) is 1.47. The van der Waals surface area contributed by atoms with Gasteiger partial charge in [0.2, 0.25) is 0 Å². The van der Waals surface area contributed by atoms with Gasteiger partial charge in [0, 0.05) is 19.6 Å². The molecule has 2 aromatic heterocycles. The summed E-state index contributed by atoms with van der Waals surface area (Å²) in [6, 6.07) is 12.7. The van der Waals surface area contributed by atoms with E-state index in [1.165, 1.54) is 29.7 Å². The molecule has 0 radical (unpaired) electrons. The lowest BCUT2D eigenvalue weighted by Gasteiger charge is -2.18. The predicted molar refractivity (Wildman–Crippen MR) is 111 cm³/mol. The fourth-order valence-electron chi connectivity index (χ4n) is 3.00. The van der Waals surface area contributed by atoms with Gasteiger partial charge in [-0.2, -0.15) is 0 Å². The van der Waals surface area contributed by atoms with Crippen LogP contribution in [0.5, 0.6) is 0 Å². The van der Waals surface area contributed by atoms with Gasteiger partial charge in [-0.05, 0) is 42.0 Å². The number of nitrogens with one attached hydrogen (secondary N) is 1. The number of carbonyl (C=O) groups excluding carboxylic acids is 2. The van der Waals surface area contributed by atoms with E-state index in [1.54, 1.807) is 46.2 Å². The Morgan fingerprint density at radius 1 is 1.14 bits per heavy atom. The van der Waals surface area contributed by atoms with Crippen LogP contribution in [0.1, 0.15) is 15.2 Å². The van der Waals surface area contributed by atoms with Gasteiger partial charge in [0.25, 0.3) is 5.91 Å². The zero-order valence-electron chi connectivity index (χ0n) is 15.1. The van der Waals surface area contributed by atoms with Crippen molar-refractivity contribution in [3.8, 4) is 0 Å². The van der Waals surface area contributed by atoms with E-state index in [2.05, 4.69) is 10.3 Å². The monoisotopic (exact) mass is 430 g/mol. The van der Waals surface area contributed by atoms with Crippen LogP contribution in [-0.2, 0) is 6.54 Å². The highest BCUT2D eigenvalue weighted by Crippen LogP contribution is 2.24. The zero-order valence-corrected chi connectivity index (χ0v) is 16.7. The first-order valence-corrected chi connectivity index (χ1v) is 10.0. The Hall–Kier alpha value is -2.97. The molecule has 1 N–H and O–H groups in total. The number of pyridine rings is 1. The summed E-state index contributed by atoms with van der Waals surface area (Å²) >= 11 is 7.05. The van der Waals surface area contributed by atoms with Crippen molar-refractivity contribution in [1.82, 2.24) is 9.88 Å². The smallest absolute Gasteiger partial charge is 0.320 e. The molecule has 0 bridgehead atoms. The lowest BCUT2D eigenvalue weighted by Crippen LogP contribution is -2.31. The molecule has 3 amide bonds. The van der Waals surface area contributed by atoms with Crippen molar-refractivity contribution in [3.63, 3.8) is 0 Å². The van der Waals surface area contributed by atoms with Crippen LogP contribution in [0.15, 0.2) is 54.7 Å². The molecular weight excluding hydrogens is 415 g/mol. The number of aromatic nitrogens is 1. The third kappa shape index (κ3) is 4.38. The summed E-state index contributed by atoms with van der Waals surface area (Å²) in [7, 11) is 0. The fourth-order valence-corrected chi connectivity index (χ4v) is 3.94. The van der Waals surface area contributed by atoms with Gasteiger partial charge in [-0.3, -0.25) is 9.69 Å². The van der Waals surface area contributed by atoms with Crippen LogP contribution in [-0.4, -0.2) is 34.9 Å². The molecule has 3 aromatic rings. The Morgan fingerprint density at radius 2 is 1.93 bits per heavy atom. The second kappa shape index (κ2) is 8.18. The number of benzene rings is 1. The lowest BCUT2D eigenvalue weighted by atomic mass is 10.2. The third-order valence-electron chi connectivity index (χ3n) is 4.46. The Kier molecular flexibility index (Phi) is 5.46. The van der Waals surface area contributed by atoms with Gasteiger partial charge in [-0.1, -0.05) is 23.7 Å². The second-order valence-electron chi connectivity index (χ2n) is 6.45. The Balaban J connectivity index is 1.39. The van der Waals surface area contributed by atoms with Crippen LogP contribution in [0.4, 0.5) is 20.7 Å². The highest BCUT2D eigenvalue weighted by atomic mass is 35.5. The number of anilines is 2. The predicted octanol–water partition coefficient (Wildman–Crippen LogP) is 4.63. The zero-order chi connectivity index (χ0) is 20.4. The number of thiophene rings is 1. The Morgan fingerprint density at radius 3 is 2.59 bits per heavy atom. The van der Waals surface area contributed by atoms with E-state index in [9.17, 15) is 14.0 Å². The van der Waals surface area contributed by atoms with E-state index >= 15 is 0 Å². The van der Waals surface area contributed by atoms with Crippen LogP contribution >= 0.6 is 22.9 Å². The normalized spacial score (nSPS) is 13.8. The first-order valence-electron chi connectivity index (χ1n) is 8.83. The summed E-state index contributed by atoms with van der Waals surface area (Å²) in [5.74, 6) is -0.0605. The van der Waals surface area contributed by atoms with Crippen molar-refractivity contribution < 1.29 is 14.0 Å². The molecule has 1 aliphatic rings. The van der Waals surface area contributed by atoms with E-state index < -0.39 is 0 Å². The van der Waals surface area contributed by atoms with E-state index in [-0.39, 0.29) is 17.8 Å². The number of urea groups is 1. The maximum atomic E-state index is 13.0. The average Bonchev–Trinajstić information content (AvgIpc) is 3.31. The number of nitrogens with zero attached hydrogens (tertiary/aromatic N) is 3. The molecule has 6 nitrogen and oxygen atoms in total. The van der Waals surface area contributed by atoms with Gasteiger partial charge in [0.1, 0.15) is 11.6 Å². The van der Waals surface area contributed by atoms with Crippen LogP contribution in [0.2, 0.25) is 4.34 Å². The van der Waals surface area contributed by atoms with Crippen molar-refractivity contribution in [2.24, 2.45) is 0 Å². The summed E-state index contributed by atoms with van der Waals surface area (Å²) in [4.78, 5) is 32.9. The molecule has 1 fully saturated rings. The van der Waals surface area contributed by atoms with Crippen LogP contribution in [0, 0.1) is 5.82 Å². The topological polar surface area (TPSA) is 65.5 Å². The minimum atomic E-state index is -0.304. The molecule has 1 saturated heterocycles. The maximum absolute atomic E-state index is 13.0. The molecule has 29 heavy (non-hydrogen) atoms. The maximum Gasteiger partial charge on any atom is 0.326 e. The molecule has 0 aliphatic carbocycles. The number of carbonyl (C=O) groups is 2. The third-order valence-corrected chi connectivity index (χ3v) is 5.69. The molecule has 0 spiro atoms. The number of rotatable bonds is 5. The van der Waals surface area contributed by atoms with Gasteiger partial charge in [-0.25, -0.2) is 14.2 Å². The first kappa shape index (κ1) is 19.4. The number of hydrogen-bond donors (Lipinski definition) is 1. The molecule has 1 aromatic carbocycles. The molecule has 9 heteroatoms. The Labute approximate surface area is 175 Å². The number of hydrogen-bond acceptors (Lipinski definition) is 4. The minimum absolute atomic E-state index is 0.160. The van der Waals surface area contributed by atoms with E-state index in [0.717, 1.165) is 5.56 Å². The molecule has 0 atom stereocenters. The van der Waals surface area contributed by atoms with Crippen LogP contribution < -0.4 is 10.2 Å². The number of amides is 3. The van der Waals surface area contributed by atoms with Crippen molar-refractivity contribution in [3.05, 3.63) is 75.3 Å². The fraction of sp³-hybridized carbons (Fsp3) is 0.150. The summed E-state index contributed by atoms with van der Waals surface area (Å²) in [5, 5.41) is 2.75. The van der Waals surface area contributed by atoms with E-state index in [1.807, 2.05) is 0 Å². The Bertz CT molecular complexity index is 1040. The molecule has 3 heterocycles. The summed E-state index contributed by atoms with van der Waals surface area (Å²) < 4.78 is 13.6. The highest BCUT2D eigenvalue weighted by Gasteiger charge is 2.30. The van der Waals surface area contributed by atoms with Gasteiger partial charge in [0.15, 0.2) is 0 Å². The first-order chi connectivity index (χ1) is 14.0. The van der Waals surface area contributed by atoms with Gasteiger partial charge in [0.05, 0.1) is 21.1 Å². The molecule has 1 aliphatic heterocycles.